The van der Waals surface area contributed by atoms with Crippen molar-refractivity contribution < 1.29 is 13.2 Å². The average Bonchev–Trinajstić information content (AvgIpc) is 2.54. The second-order valence-corrected chi connectivity index (χ2v) is 7.53. The monoisotopic (exact) mass is 361 g/mol. The summed E-state index contributed by atoms with van der Waals surface area (Å²) >= 11 is 0. The summed E-state index contributed by atoms with van der Waals surface area (Å²) in [5.74, 6) is 0.00837. The van der Waals surface area contributed by atoms with E-state index in [0.717, 1.165) is 12.8 Å². The van der Waals surface area contributed by atoms with Crippen LogP contribution < -0.4 is 11.1 Å². The molecule has 1 saturated heterocycles. The molecule has 0 bridgehead atoms. The van der Waals surface area contributed by atoms with Crippen LogP contribution in [0, 0.1) is 5.92 Å². The molecule has 1 amide bonds. The molecule has 1 aromatic carbocycles. The van der Waals surface area contributed by atoms with Gasteiger partial charge in [-0.3, -0.25) is 4.79 Å². The summed E-state index contributed by atoms with van der Waals surface area (Å²) in [5, 5.41) is 2.51. The number of nitrogens with zero attached hydrogens (tertiary/aromatic N) is 1. The molecule has 1 aliphatic rings. The van der Waals surface area contributed by atoms with Crippen molar-refractivity contribution in [3.8, 4) is 0 Å². The van der Waals surface area contributed by atoms with Gasteiger partial charge in [-0.2, -0.15) is 4.31 Å². The van der Waals surface area contributed by atoms with E-state index in [-0.39, 0.29) is 35.2 Å². The minimum atomic E-state index is -3.58. The number of hydrogen-bond acceptors (Lipinski definition) is 4. The maximum Gasteiger partial charge on any atom is 0.251 e. The van der Waals surface area contributed by atoms with Crippen molar-refractivity contribution in [2.24, 2.45) is 11.7 Å². The Morgan fingerprint density at radius 3 is 2.48 bits per heavy atom. The molecule has 1 aromatic rings. The van der Waals surface area contributed by atoms with E-state index < -0.39 is 10.0 Å². The zero-order chi connectivity index (χ0) is 16.3. The normalized spacial score (nSPS) is 22.2. The van der Waals surface area contributed by atoms with Crippen LogP contribution in [0.1, 0.15) is 30.1 Å². The Kier molecular flexibility index (Phi) is 7.01. The van der Waals surface area contributed by atoms with Gasteiger partial charge in [0.05, 0.1) is 4.90 Å². The lowest BCUT2D eigenvalue weighted by Gasteiger charge is -2.38. The predicted octanol–water partition coefficient (Wildman–Crippen LogP) is 1.22. The molecule has 2 unspecified atom stereocenters. The number of piperidine rings is 1. The number of amides is 1. The van der Waals surface area contributed by atoms with E-state index in [4.69, 9.17) is 5.73 Å². The van der Waals surface area contributed by atoms with Crippen LogP contribution in [0.25, 0.3) is 0 Å². The zero-order valence-electron chi connectivity index (χ0n) is 13.4. The number of halogens is 1. The first-order valence-electron chi connectivity index (χ1n) is 7.46. The molecule has 0 saturated carbocycles. The maximum absolute atomic E-state index is 12.8. The third-order valence-corrected chi connectivity index (χ3v) is 6.20. The lowest BCUT2D eigenvalue weighted by atomic mass is 9.93. The van der Waals surface area contributed by atoms with Gasteiger partial charge in [0.15, 0.2) is 0 Å². The quantitative estimate of drug-likeness (QED) is 0.843. The van der Waals surface area contributed by atoms with E-state index in [2.05, 4.69) is 5.32 Å². The summed E-state index contributed by atoms with van der Waals surface area (Å²) in [6.07, 6.45) is 1.83. The van der Waals surface area contributed by atoms with Gasteiger partial charge in [0.1, 0.15) is 0 Å². The van der Waals surface area contributed by atoms with Gasteiger partial charge in [-0.05, 0) is 43.0 Å². The minimum absolute atomic E-state index is 0. The highest BCUT2D eigenvalue weighted by atomic mass is 35.5. The van der Waals surface area contributed by atoms with Gasteiger partial charge in [0.2, 0.25) is 10.0 Å². The molecule has 1 heterocycles. The Labute approximate surface area is 143 Å². The summed E-state index contributed by atoms with van der Waals surface area (Å²) in [4.78, 5) is 11.7. The predicted molar refractivity (Wildman–Crippen MR) is 92.2 cm³/mol. The summed E-state index contributed by atoms with van der Waals surface area (Å²) < 4.78 is 27.2. The Morgan fingerprint density at radius 1 is 1.35 bits per heavy atom. The Hall–Kier alpha value is -1.15. The van der Waals surface area contributed by atoms with Crippen molar-refractivity contribution in [1.29, 1.82) is 0 Å². The molecular weight excluding hydrogens is 338 g/mol. The fourth-order valence-electron chi connectivity index (χ4n) is 2.92. The minimum Gasteiger partial charge on any atom is -0.355 e. The Morgan fingerprint density at radius 2 is 1.96 bits per heavy atom. The first-order chi connectivity index (χ1) is 10.4. The van der Waals surface area contributed by atoms with E-state index in [0.29, 0.717) is 18.7 Å². The van der Waals surface area contributed by atoms with E-state index in [1.807, 2.05) is 6.92 Å². The molecule has 0 aromatic heterocycles. The third-order valence-electron chi connectivity index (χ3n) is 4.26. The highest BCUT2D eigenvalue weighted by Gasteiger charge is 2.36. The number of carbonyl (C=O) groups excluding carboxylic acids is 1. The van der Waals surface area contributed by atoms with Gasteiger partial charge in [0.25, 0.3) is 5.91 Å². The first-order valence-corrected chi connectivity index (χ1v) is 8.90. The summed E-state index contributed by atoms with van der Waals surface area (Å²) in [6.45, 7) is 2.84. The summed E-state index contributed by atoms with van der Waals surface area (Å²) in [6, 6.07) is 5.84. The first kappa shape index (κ1) is 19.9. The van der Waals surface area contributed by atoms with Crippen molar-refractivity contribution in [2.75, 3.05) is 20.1 Å². The van der Waals surface area contributed by atoms with Gasteiger partial charge < -0.3 is 11.1 Å². The molecule has 0 spiro atoms. The molecule has 3 N–H and O–H groups in total. The van der Waals surface area contributed by atoms with Crippen molar-refractivity contribution in [2.45, 2.75) is 30.7 Å². The Balaban J connectivity index is 0.00000264. The summed E-state index contributed by atoms with van der Waals surface area (Å²) in [7, 11) is -2.05. The van der Waals surface area contributed by atoms with Crippen LogP contribution in [0.15, 0.2) is 29.2 Å². The SMILES string of the molecule is CNC(=O)c1ccc(S(=O)(=O)N2CCCC(C)C2CN)cc1.Cl. The molecule has 2 rings (SSSR count). The fraction of sp³-hybridized carbons (Fsp3) is 0.533. The molecule has 1 fully saturated rings. The van der Waals surface area contributed by atoms with E-state index in [9.17, 15) is 13.2 Å². The molecule has 8 heteroatoms. The molecule has 0 aliphatic carbocycles. The lowest BCUT2D eigenvalue weighted by molar-refractivity contribution is 0.0963. The van der Waals surface area contributed by atoms with Gasteiger partial charge >= 0.3 is 0 Å². The summed E-state index contributed by atoms with van der Waals surface area (Å²) in [5.41, 5.74) is 6.22. The number of nitrogens with one attached hydrogen (secondary N) is 1. The van der Waals surface area contributed by atoms with Gasteiger partial charge in [-0.1, -0.05) is 6.92 Å². The molecule has 23 heavy (non-hydrogen) atoms. The highest BCUT2D eigenvalue weighted by Crippen LogP contribution is 2.28. The molecule has 6 nitrogen and oxygen atoms in total. The molecule has 2 atom stereocenters. The number of hydrogen-bond donors (Lipinski definition) is 2. The molecule has 0 radical (unpaired) electrons. The lowest BCUT2D eigenvalue weighted by Crippen LogP contribution is -2.51. The number of rotatable bonds is 4. The molecular formula is C15H24ClN3O3S. The standard InChI is InChI=1S/C15H23N3O3S.ClH/c1-11-4-3-9-18(14(11)10-16)22(20,21)13-7-5-12(6-8-13)15(19)17-2;/h5-8,11,14H,3-4,9-10,16H2,1-2H3,(H,17,19);1H. The van der Waals surface area contributed by atoms with Crippen LogP contribution in [0.2, 0.25) is 0 Å². The number of benzene rings is 1. The Bertz CT molecular complexity index is 634. The second-order valence-electron chi connectivity index (χ2n) is 5.64. The zero-order valence-corrected chi connectivity index (χ0v) is 15.0. The smallest absolute Gasteiger partial charge is 0.251 e. The molecule has 130 valence electrons. The van der Waals surface area contributed by atoms with Crippen molar-refractivity contribution in [3.63, 3.8) is 0 Å². The van der Waals surface area contributed by atoms with Crippen LogP contribution in [0.3, 0.4) is 0 Å². The van der Waals surface area contributed by atoms with Crippen molar-refractivity contribution in [1.82, 2.24) is 9.62 Å². The van der Waals surface area contributed by atoms with Gasteiger partial charge in [-0.15, -0.1) is 12.4 Å². The topological polar surface area (TPSA) is 92.5 Å². The average molecular weight is 362 g/mol. The van der Waals surface area contributed by atoms with Crippen LogP contribution in [-0.4, -0.2) is 44.8 Å². The van der Waals surface area contributed by atoms with E-state index in [1.165, 1.54) is 35.6 Å². The van der Waals surface area contributed by atoms with Crippen LogP contribution in [0.4, 0.5) is 0 Å². The van der Waals surface area contributed by atoms with Crippen LogP contribution in [0.5, 0.6) is 0 Å². The maximum atomic E-state index is 12.8. The van der Waals surface area contributed by atoms with Crippen LogP contribution >= 0.6 is 12.4 Å². The fourth-order valence-corrected chi connectivity index (χ4v) is 4.69. The van der Waals surface area contributed by atoms with E-state index >= 15 is 0 Å². The number of nitrogens with two attached hydrogens (primary N) is 1. The third kappa shape index (κ3) is 4.03. The van der Waals surface area contributed by atoms with Gasteiger partial charge in [0, 0.05) is 31.7 Å². The van der Waals surface area contributed by atoms with Gasteiger partial charge in [-0.25, -0.2) is 8.42 Å². The number of sulfonamides is 1. The van der Waals surface area contributed by atoms with Crippen LogP contribution in [-0.2, 0) is 10.0 Å². The van der Waals surface area contributed by atoms with Crippen molar-refractivity contribution >= 4 is 28.3 Å². The van der Waals surface area contributed by atoms with Crippen molar-refractivity contribution in [3.05, 3.63) is 29.8 Å². The second kappa shape index (κ2) is 8.10. The number of carbonyl (C=O) groups is 1. The highest BCUT2D eigenvalue weighted by molar-refractivity contribution is 7.89. The van der Waals surface area contributed by atoms with E-state index in [1.54, 1.807) is 0 Å². The molecule has 1 aliphatic heterocycles. The largest absolute Gasteiger partial charge is 0.355 e.